The van der Waals surface area contributed by atoms with Crippen molar-refractivity contribution in [3.05, 3.63) is 0 Å². The van der Waals surface area contributed by atoms with E-state index < -0.39 is 24.1 Å². The molecule has 1 fully saturated rings. The Morgan fingerprint density at radius 3 is 1.27 bits per heavy atom. The molecule has 0 amide bonds. The van der Waals surface area contributed by atoms with E-state index in [0.717, 1.165) is 0 Å². The normalized spacial score (nSPS) is 24.2. The number of hydrogen-bond donors (Lipinski definition) is 0. The molecule has 0 aliphatic carbocycles. The van der Waals surface area contributed by atoms with Crippen LogP contribution in [0, 0.1) is 0 Å². The van der Waals surface area contributed by atoms with Gasteiger partial charge in [0.2, 0.25) is 0 Å². The van der Waals surface area contributed by atoms with Crippen LogP contribution >= 0.6 is 9.64 Å². The van der Waals surface area contributed by atoms with Gasteiger partial charge in [-0.3, -0.25) is 0 Å². The topological polar surface area (TPSA) is 6.48 Å². The van der Waals surface area contributed by atoms with Crippen molar-refractivity contribution in [1.29, 1.82) is 0 Å². The second-order valence-corrected chi connectivity index (χ2v) is 18.5. The molecule has 0 unspecified atom stereocenters. The minimum absolute atomic E-state index is 0.254. The van der Waals surface area contributed by atoms with Gasteiger partial charge in [-0.2, -0.15) is 0 Å². The Balaban J connectivity index is 2.96. The summed E-state index contributed by atoms with van der Waals surface area (Å²) in [4.78, 5) is 0. The standard InChI is InChI=1S/C10H24N2Si.ClH.Ga/c1-9(2,3)11-13(7,8)12-10(4,5)6;;/h1-8H3;1H;/q-2;;+3/p-1. The molecule has 0 radical (unpaired) electrons. The molecule has 15 heavy (non-hydrogen) atoms. The SMILES string of the molecule is CC(C)(C)[N]1[Ga]([Cl])[N](C(C)(C)C)[Si]1(C)C. The third-order valence-corrected chi connectivity index (χ3v) is 26.0. The number of rotatable bonds is 0. The van der Waals surface area contributed by atoms with Crippen LogP contribution in [0.5, 0.6) is 0 Å². The fraction of sp³-hybridized carbons (Fsp3) is 1.00. The average Bonchev–Trinajstić information content (AvgIpc) is 1.74. The van der Waals surface area contributed by atoms with Gasteiger partial charge in [-0.05, 0) is 0 Å². The van der Waals surface area contributed by atoms with E-state index in [1.807, 2.05) is 0 Å². The van der Waals surface area contributed by atoms with Crippen LogP contribution in [0.3, 0.4) is 0 Å². The van der Waals surface area contributed by atoms with Gasteiger partial charge < -0.3 is 0 Å². The Morgan fingerprint density at radius 1 is 0.867 bits per heavy atom. The zero-order valence-corrected chi connectivity index (χ0v) is 15.5. The zero-order valence-electron chi connectivity index (χ0n) is 11.3. The third-order valence-electron chi connectivity index (χ3n) is 3.05. The van der Waals surface area contributed by atoms with Gasteiger partial charge in [0.25, 0.3) is 0 Å². The van der Waals surface area contributed by atoms with E-state index >= 15 is 0 Å². The number of halogens is 1. The summed E-state index contributed by atoms with van der Waals surface area (Å²) in [5, 5.41) is 0. The van der Waals surface area contributed by atoms with Gasteiger partial charge in [0.15, 0.2) is 0 Å². The molecule has 1 heterocycles. The molecule has 0 aromatic rings. The van der Waals surface area contributed by atoms with Crippen LogP contribution in [0.15, 0.2) is 0 Å². The Labute approximate surface area is 106 Å². The zero-order chi connectivity index (χ0) is 12.2. The summed E-state index contributed by atoms with van der Waals surface area (Å²) in [6.45, 7) is 18.6. The van der Waals surface area contributed by atoms with E-state index in [0.29, 0.717) is 0 Å². The van der Waals surface area contributed by atoms with E-state index in [4.69, 9.17) is 9.64 Å². The van der Waals surface area contributed by atoms with Gasteiger partial charge >= 0.3 is 106 Å². The van der Waals surface area contributed by atoms with E-state index in [9.17, 15) is 0 Å². The summed E-state index contributed by atoms with van der Waals surface area (Å²) < 4.78 is 5.36. The van der Waals surface area contributed by atoms with Crippen molar-refractivity contribution in [3.63, 3.8) is 0 Å². The average molecular weight is 306 g/mol. The predicted octanol–water partition coefficient (Wildman–Crippen LogP) is 3.13. The molecule has 88 valence electrons. The molecule has 0 aromatic carbocycles. The van der Waals surface area contributed by atoms with Crippen molar-refractivity contribution in [2.24, 2.45) is 0 Å². The first-order valence-corrected chi connectivity index (χ1v) is 13.9. The maximum absolute atomic E-state index is 6.71. The Bertz CT molecular complexity index is 233. The molecule has 1 aliphatic rings. The number of nitrogens with zero attached hydrogens (tertiary/aromatic N) is 2. The molecule has 0 atom stereocenters. The molecule has 1 saturated heterocycles. The van der Waals surface area contributed by atoms with Gasteiger partial charge in [0, 0.05) is 0 Å². The molecule has 0 N–H and O–H groups in total. The van der Waals surface area contributed by atoms with Crippen molar-refractivity contribution in [2.75, 3.05) is 0 Å². The fourth-order valence-corrected chi connectivity index (χ4v) is 29.0. The molecule has 0 bridgehead atoms. The second-order valence-electron chi connectivity index (χ2n) is 6.89. The van der Waals surface area contributed by atoms with Crippen molar-refractivity contribution in [1.82, 2.24) is 6.54 Å². The number of hydrogen-bond acceptors (Lipinski definition) is 2. The monoisotopic (exact) mass is 304 g/mol. The van der Waals surface area contributed by atoms with E-state index in [1.54, 1.807) is 0 Å². The van der Waals surface area contributed by atoms with Crippen LogP contribution in [0.4, 0.5) is 0 Å². The van der Waals surface area contributed by atoms with Gasteiger partial charge in [-0.25, -0.2) is 0 Å². The predicted molar refractivity (Wildman–Crippen MR) is 72.3 cm³/mol. The van der Waals surface area contributed by atoms with Gasteiger partial charge in [0.1, 0.15) is 0 Å². The van der Waals surface area contributed by atoms with E-state index in [2.05, 4.69) is 61.2 Å². The van der Waals surface area contributed by atoms with Crippen molar-refractivity contribution < 1.29 is 0 Å². The van der Waals surface area contributed by atoms with Crippen molar-refractivity contribution >= 4 is 33.7 Å². The Morgan fingerprint density at radius 2 is 1.13 bits per heavy atom. The molecule has 0 saturated carbocycles. The molecule has 1 aliphatic heterocycles. The Kier molecular flexibility index (Phi) is 3.56. The van der Waals surface area contributed by atoms with Gasteiger partial charge in [-0.1, -0.05) is 0 Å². The van der Waals surface area contributed by atoms with Crippen molar-refractivity contribution in [3.8, 4) is 0 Å². The van der Waals surface area contributed by atoms with Crippen LogP contribution in [0.1, 0.15) is 41.5 Å². The van der Waals surface area contributed by atoms with Crippen LogP contribution < -0.4 is 0 Å². The molecule has 5 heteroatoms. The van der Waals surface area contributed by atoms with E-state index in [1.165, 1.54) is 0 Å². The van der Waals surface area contributed by atoms with Crippen LogP contribution in [0.25, 0.3) is 0 Å². The summed E-state index contributed by atoms with van der Waals surface area (Å²) in [6.07, 6.45) is 0. The summed E-state index contributed by atoms with van der Waals surface area (Å²) in [6, 6.07) is 0. The minimum atomic E-state index is -1.88. The third kappa shape index (κ3) is 2.35. The molecule has 1 rings (SSSR count). The van der Waals surface area contributed by atoms with Crippen molar-refractivity contribution in [2.45, 2.75) is 65.7 Å². The summed E-state index contributed by atoms with van der Waals surface area (Å²) in [5.41, 5.74) is 0.508. The van der Waals surface area contributed by atoms with Crippen LogP contribution in [0.2, 0.25) is 13.1 Å². The summed E-state index contributed by atoms with van der Waals surface area (Å²) >= 11 is -1.88. The molecular formula is C10H24ClGaN2Si. The van der Waals surface area contributed by atoms with Crippen LogP contribution in [-0.4, -0.2) is 41.7 Å². The fourth-order valence-electron chi connectivity index (χ4n) is 2.98. The van der Waals surface area contributed by atoms with E-state index in [-0.39, 0.29) is 11.1 Å². The summed E-state index contributed by atoms with van der Waals surface area (Å²) in [7, 11) is 5.28. The van der Waals surface area contributed by atoms with Gasteiger partial charge in [0.05, 0.1) is 0 Å². The van der Waals surface area contributed by atoms with Gasteiger partial charge in [-0.15, -0.1) is 0 Å². The van der Waals surface area contributed by atoms with Crippen LogP contribution in [-0.2, 0) is 0 Å². The first kappa shape index (κ1) is 14.1. The quantitative estimate of drug-likeness (QED) is 0.635. The maximum atomic E-state index is 6.71. The molecule has 0 spiro atoms. The first-order valence-electron chi connectivity index (χ1n) is 5.63. The molecule has 2 nitrogen and oxygen atoms in total. The Hall–Kier alpha value is 1.06. The molecular weight excluding hydrogens is 281 g/mol. The first-order chi connectivity index (χ1) is 6.40. The summed E-state index contributed by atoms with van der Waals surface area (Å²) in [5.74, 6) is 0. The molecule has 0 aromatic heterocycles. The second kappa shape index (κ2) is 3.78.